The Morgan fingerprint density at radius 3 is 2.74 bits per heavy atom. The Morgan fingerprint density at radius 2 is 2.05 bits per heavy atom. The molecule has 4 heteroatoms. The average molecular weight is 274 g/mol. The fourth-order valence-corrected chi connectivity index (χ4v) is 3.08. The molecule has 0 aliphatic heterocycles. The lowest BCUT2D eigenvalue weighted by Gasteiger charge is -2.19. The Labute approximate surface area is 117 Å². The van der Waals surface area contributed by atoms with Gasteiger partial charge in [-0.3, -0.25) is 4.90 Å². The molecule has 0 spiro atoms. The number of rotatable bonds is 6. The number of benzene rings is 1. The minimum Gasteiger partial charge on any atom is -0.395 e. The molecule has 0 bridgehead atoms. The van der Waals surface area contributed by atoms with E-state index in [1.54, 1.807) is 11.3 Å². The van der Waals surface area contributed by atoms with Crippen molar-refractivity contribution in [1.29, 1.82) is 0 Å². The number of hydrogen-bond donors (Lipinski definition) is 1. The molecule has 1 saturated carbocycles. The lowest BCUT2D eigenvalue weighted by atomic mass is 10.2. The van der Waals surface area contributed by atoms with Crippen LogP contribution in [0.1, 0.15) is 18.5 Å². The number of nitrogens with zero attached hydrogens (tertiary/aromatic N) is 2. The highest BCUT2D eigenvalue weighted by Crippen LogP contribution is 2.29. The van der Waals surface area contributed by atoms with Gasteiger partial charge >= 0.3 is 0 Å². The molecular formula is C15H18N2OS. The molecule has 19 heavy (non-hydrogen) atoms. The highest BCUT2D eigenvalue weighted by molar-refractivity contribution is 7.13. The molecular weight excluding hydrogens is 256 g/mol. The van der Waals surface area contributed by atoms with Gasteiger partial charge in [0, 0.05) is 30.1 Å². The molecule has 100 valence electrons. The number of aliphatic hydroxyl groups is 1. The molecule has 3 nitrogen and oxygen atoms in total. The van der Waals surface area contributed by atoms with Crippen LogP contribution in [0, 0.1) is 0 Å². The highest BCUT2D eigenvalue weighted by Gasteiger charge is 2.28. The molecule has 0 unspecified atom stereocenters. The van der Waals surface area contributed by atoms with Gasteiger partial charge in [0.05, 0.1) is 12.3 Å². The third kappa shape index (κ3) is 3.21. The molecule has 3 rings (SSSR count). The van der Waals surface area contributed by atoms with Crippen LogP contribution in [-0.2, 0) is 6.54 Å². The maximum Gasteiger partial charge on any atom is 0.123 e. The van der Waals surface area contributed by atoms with Gasteiger partial charge < -0.3 is 5.11 Å². The standard InChI is InChI=1S/C15H18N2OS/c18-9-8-17(14-6-7-14)10-13-11-19-15(16-13)12-4-2-1-3-5-12/h1-5,11,14,18H,6-10H2. The van der Waals surface area contributed by atoms with Crippen LogP contribution in [0.2, 0.25) is 0 Å². The van der Waals surface area contributed by atoms with Crippen molar-refractivity contribution >= 4 is 11.3 Å². The van der Waals surface area contributed by atoms with Crippen molar-refractivity contribution in [2.24, 2.45) is 0 Å². The lowest BCUT2D eigenvalue weighted by molar-refractivity contribution is 0.182. The lowest BCUT2D eigenvalue weighted by Crippen LogP contribution is -2.28. The second kappa shape index (κ2) is 5.82. The summed E-state index contributed by atoms with van der Waals surface area (Å²) in [5.41, 5.74) is 2.29. The molecule has 1 aliphatic carbocycles. The topological polar surface area (TPSA) is 36.4 Å². The van der Waals surface area contributed by atoms with Crippen molar-refractivity contribution in [3.63, 3.8) is 0 Å². The second-order valence-corrected chi connectivity index (χ2v) is 5.79. The van der Waals surface area contributed by atoms with E-state index >= 15 is 0 Å². The smallest absolute Gasteiger partial charge is 0.123 e. The Hall–Kier alpha value is -1.23. The molecule has 2 aromatic rings. The van der Waals surface area contributed by atoms with Crippen LogP contribution in [0.4, 0.5) is 0 Å². The quantitative estimate of drug-likeness (QED) is 0.880. The third-order valence-electron chi connectivity index (χ3n) is 3.39. The van der Waals surface area contributed by atoms with Crippen LogP contribution in [0.3, 0.4) is 0 Å². The molecule has 1 N–H and O–H groups in total. The van der Waals surface area contributed by atoms with E-state index in [9.17, 15) is 0 Å². The van der Waals surface area contributed by atoms with Crippen LogP contribution >= 0.6 is 11.3 Å². The molecule has 0 amide bonds. The Morgan fingerprint density at radius 1 is 1.26 bits per heavy atom. The highest BCUT2D eigenvalue weighted by atomic mass is 32.1. The van der Waals surface area contributed by atoms with Gasteiger partial charge in [-0.1, -0.05) is 30.3 Å². The first-order valence-electron chi connectivity index (χ1n) is 6.71. The average Bonchev–Trinajstić information content (AvgIpc) is 3.19. The van der Waals surface area contributed by atoms with Crippen LogP contribution < -0.4 is 0 Å². The van der Waals surface area contributed by atoms with Gasteiger partial charge in [-0.05, 0) is 12.8 Å². The summed E-state index contributed by atoms with van der Waals surface area (Å²) in [5.74, 6) is 0. The van der Waals surface area contributed by atoms with Crippen LogP contribution in [0.15, 0.2) is 35.7 Å². The molecule has 1 aromatic carbocycles. The molecule has 0 saturated heterocycles. The minimum atomic E-state index is 0.228. The largest absolute Gasteiger partial charge is 0.395 e. The van der Waals surface area contributed by atoms with Crippen molar-refractivity contribution in [3.05, 3.63) is 41.4 Å². The van der Waals surface area contributed by atoms with Gasteiger partial charge in [-0.15, -0.1) is 11.3 Å². The van der Waals surface area contributed by atoms with E-state index in [0.717, 1.165) is 23.8 Å². The molecule has 1 fully saturated rings. The Kier molecular flexibility index (Phi) is 3.92. The van der Waals surface area contributed by atoms with Crippen LogP contribution in [0.25, 0.3) is 10.6 Å². The number of hydrogen-bond acceptors (Lipinski definition) is 4. The fourth-order valence-electron chi connectivity index (χ4n) is 2.26. The van der Waals surface area contributed by atoms with Gasteiger partial charge in [-0.25, -0.2) is 4.98 Å². The van der Waals surface area contributed by atoms with Crippen molar-refractivity contribution in [2.45, 2.75) is 25.4 Å². The first-order chi connectivity index (χ1) is 9.36. The molecule has 0 radical (unpaired) electrons. The van der Waals surface area contributed by atoms with Gasteiger partial charge in [0.25, 0.3) is 0 Å². The Balaban J connectivity index is 1.70. The van der Waals surface area contributed by atoms with E-state index in [0.29, 0.717) is 6.04 Å². The summed E-state index contributed by atoms with van der Waals surface area (Å²) >= 11 is 1.69. The first kappa shape index (κ1) is 12.8. The monoisotopic (exact) mass is 274 g/mol. The van der Waals surface area contributed by atoms with Gasteiger partial charge in [-0.2, -0.15) is 0 Å². The first-order valence-corrected chi connectivity index (χ1v) is 7.59. The predicted octanol–water partition coefficient (Wildman–Crippen LogP) is 2.77. The summed E-state index contributed by atoms with van der Waals surface area (Å²) in [7, 11) is 0. The van der Waals surface area contributed by atoms with E-state index in [1.807, 2.05) is 18.2 Å². The summed E-state index contributed by atoms with van der Waals surface area (Å²) in [6.07, 6.45) is 2.52. The maximum atomic E-state index is 9.12. The zero-order chi connectivity index (χ0) is 13.1. The normalized spacial score (nSPS) is 15.1. The van der Waals surface area contributed by atoms with Crippen molar-refractivity contribution in [2.75, 3.05) is 13.2 Å². The second-order valence-electron chi connectivity index (χ2n) is 4.94. The minimum absolute atomic E-state index is 0.228. The SMILES string of the molecule is OCCN(Cc1csc(-c2ccccc2)n1)C1CC1. The summed E-state index contributed by atoms with van der Waals surface area (Å²) in [6.45, 7) is 1.84. The number of aromatic nitrogens is 1. The zero-order valence-corrected chi connectivity index (χ0v) is 11.6. The summed E-state index contributed by atoms with van der Waals surface area (Å²) in [4.78, 5) is 7.05. The van der Waals surface area contributed by atoms with E-state index in [2.05, 4.69) is 22.4 Å². The fraction of sp³-hybridized carbons (Fsp3) is 0.400. The summed E-state index contributed by atoms with van der Waals surface area (Å²) < 4.78 is 0. The van der Waals surface area contributed by atoms with Crippen molar-refractivity contribution in [3.8, 4) is 10.6 Å². The van der Waals surface area contributed by atoms with Gasteiger partial charge in [0.1, 0.15) is 5.01 Å². The van der Waals surface area contributed by atoms with E-state index in [1.165, 1.54) is 18.4 Å². The van der Waals surface area contributed by atoms with Crippen LogP contribution in [-0.4, -0.2) is 34.2 Å². The van der Waals surface area contributed by atoms with E-state index in [4.69, 9.17) is 10.1 Å². The molecule has 1 aromatic heterocycles. The predicted molar refractivity (Wildman–Crippen MR) is 78.1 cm³/mol. The third-order valence-corrected chi connectivity index (χ3v) is 4.33. The van der Waals surface area contributed by atoms with E-state index < -0.39 is 0 Å². The van der Waals surface area contributed by atoms with Crippen molar-refractivity contribution in [1.82, 2.24) is 9.88 Å². The van der Waals surface area contributed by atoms with Gasteiger partial charge in [0.15, 0.2) is 0 Å². The van der Waals surface area contributed by atoms with Gasteiger partial charge in [0.2, 0.25) is 0 Å². The number of thiazole rings is 1. The van der Waals surface area contributed by atoms with Crippen molar-refractivity contribution < 1.29 is 5.11 Å². The number of aliphatic hydroxyl groups excluding tert-OH is 1. The molecule has 1 heterocycles. The zero-order valence-electron chi connectivity index (χ0n) is 10.8. The Bertz CT molecular complexity index is 522. The van der Waals surface area contributed by atoms with Crippen LogP contribution in [0.5, 0.6) is 0 Å². The summed E-state index contributed by atoms with van der Waals surface area (Å²) in [6, 6.07) is 10.9. The molecule has 1 aliphatic rings. The van der Waals surface area contributed by atoms with E-state index in [-0.39, 0.29) is 6.61 Å². The maximum absolute atomic E-state index is 9.12. The molecule has 0 atom stereocenters. The summed E-state index contributed by atoms with van der Waals surface area (Å²) in [5, 5.41) is 12.3.